The van der Waals surface area contributed by atoms with Gasteiger partial charge in [0.15, 0.2) is 0 Å². The van der Waals surface area contributed by atoms with E-state index in [0.717, 1.165) is 11.4 Å². The maximum atomic E-state index is 2.44. The Hall–Kier alpha value is -6.90. The molecule has 2 aromatic heterocycles. The molecule has 0 N–H and O–H groups in total. The van der Waals surface area contributed by atoms with Crippen LogP contribution < -0.4 is 0 Å². The van der Waals surface area contributed by atoms with Crippen LogP contribution in [0.2, 0.25) is 0 Å². The Morgan fingerprint density at radius 1 is 0.250 bits per heavy atom. The van der Waals surface area contributed by atoms with Crippen molar-refractivity contribution >= 4 is 65.2 Å². The van der Waals surface area contributed by atoms with E-state index < -0.39 is 0 Å². The average molecular weight is 661 g/mol. The molecule has 0 unspecified atom stereocenters. The van der Waals surface area contributed by atoms with E-state index in [1.165, 1.54) is 87.4 Å². The van der Waals surface area contributed by atoms with E-state index in [1.54, 1.807) is 0 Å². The zero-order chi connectivity index (χ0) is 34.2. The minimum absolute atomic E-state index is 1.13. The molecular weight excluding hydrogens is 629 g/mol. The lowest BCUT2D eigenvalue weighted by atomic mass is 9.97. The summed E-state index contributed by atoms with van der Waals surface area (Å²) in [6.07, 6.45) is 0. The van der Waals surface area contributed by atoms with Crippen molar-refractivity contribution in [2.75, 3.05) is 0 Å². The minimum atomic E-state index is 1.13. The Bertz CT molecular complexity index is 2970. The highest BCUT2D eigenvalue weighted by Gasteiger charge is 2.17. The summed E-state index contributed by atoms with van der Waals surface area (Å²) in [7, 11) is 0. The van der Waals surface area contributed by atoms with Gasteiger partial charge in [0.05, 0.1) is 22.1 Å². The highest BCUT2D eigenvalue weighted by Crippen LogP contribution is 2.39. The fourth-order valence-corrected chi connectivity index (χ4v) is 8.56. The third-order valence-electron chi connectivity index (χ3n) is 10.9. The molecule has 2 heterocycles. The van der Waals surface area contributed by atoms with E-state index in [0.29, 0.717) is 0 Å². The summed E-state index contributed by atoms with van der Waals surface area (Å²) in [5.41, 5.74) is 12.0. The second kappa shape index (κ2) is 11.3. The molecule has 242 valence electrons. The quantitative estimate of drug-likeness (QED) is 0.178. The predicted molar refractivity (Wildman–Crippen MR) is 221 cm³/mol. The number of rotatable bonds is 4. The molecule has 2 nitrogen and oxygen atoms in total. The standard InChI is InChI=1S/C50H32N2/c1-3-18-39-33(12-1)14-9-22-41(39)35-26-28-45-43-20-5-7-24-47(43)51(49(45)30-35)37-16-11-17-38(32-37)52-48-25-8-6-21-44(48)46-29-27-36(31-50(46)52)42-23-10-15-34-13-2-4-19-40(34)42/h1-32H. The summed E-state index contributed by atoms with van der Waals surface area (Å²) < 4.78 is 4.89. The molecule has 0 spiro atoms. The van der Waals surface area contributed by atoms with Gasteiger partial charge < -0.3 is 9.13 Å². The van der Waals surface area contributed by atoms with Gasteiger partial charge in [0, 0.05) is 32.9 Å². The molecule has 2 heteroatoms. The van der Waals surface area contributed by atoms with Gasteiger partial charge in [0.2, 0.25) is 0 Å². The van der Waals surface area contributed by atoms with E-state index in [-0.39, 0.29) is 0 Å². The molecule has 0 fully saturated rings. The third kappa shape index (κ3) is 4.31. The first-order chi connectivity index (χ1) is 25.8. The van der Waals surface area contributed by atoms with Crippen molar-refractivity contribution < 1.29 is 0 Å². The van der Waals surface area contributed by atoms with Crippen LogP contribution in [-0.4, -0.2) is 9.13 Å². The number of aromatic nitrogens is 2. The van der Waals surface area contributed by atoms with Crippen LogP contribution in [0.4, 0.5) is 0 Å². The van der Waals surface area contributed by atoms with Gasteiger partial charge >= 0.3 is 0 Å². The van der Waals surface area contributed by atoms with Gasteiger partial charge in [-0.3, -0.25) is 0 Å². The first-order valence-corrected chi connectivity index (χ1v) is 17.9. The number of benzene rings is 9. The lowest BCUT2D eigenvalue weighted by Gasteiger charge is -2.14. The largest absolute Gasteiger partial charge is 0.309 e. The Morgan fingerprint density at radius 2 is 0.635 bits per heavy atom. The summed E-state index contributed by atoms with van der Waals surface area (Å²) in [4.78, 5) is 0. The summed E-state index contributed by atoms with van der Waals surface area (Å²) in [5, 5.41) is 10.0. The molecule has 11 rings (SSSR count). The van der Waals surface area contributed by atoms with E-state index in [9.17, 15) is 0 Å². The van der Waals surface area contributed by atoms with Crippen LogP contribution in [0.5, 0.6) is 0 Å². The monoisotopic (exact) mass is 660 g/mol. The maximum Gasteiger partial charge on any atom is 0.0547 e. The van der Waals surface area contributed by atoms with Gasteiger partial charge in [-0.15, -0.1) is 0 Å². The topological polar surface area (TPSA) is 9.86 Å². The smallest absolute Gasteiger partial charge is 0.0547 e. The number of hydrogen-bond acceptors (Lipinski definition) is 0. The van der Waals surface area contributed by atoms with Crippen molar-refractivity contribution in [3.63, 3.8) is 0 Å². The van der Waals surface area contributed by atoms with Crippen LogP contribution in [0, 0.1) is 0 Å². The van der Waals surface area contributed by atoms with Crippen molar-refractivity contribution in [2.24, 2.45) is 0 Å². The van der Waals surface area contributed by atoms with Gasteiger partial charge in [-0.2, -0.15) is 0 Å². The molecule has 0 aliphatic carbocycles. The normalized spacial score (nSPS) is 11.8. The van der Waals surface area contributed by atoms with Gasteiger partial charge in [-0.25, -0.2) is 0 Å². The van der Waals surface area contributed by atoms with Crippen LogP contribution in [0.3, 0.4) is 0 Å². The Balaban J connectivity index is 1.14. The summed E-state index contributed by atoms with van der Waals surface area (Å²) in [6.45, 7) is 0. The van der Waals surface area contributed by atoms with E-state index in [4.69, 9.17) is 0 Å². The third-order valence-corrected chi connectivity index (χ3v) is 10.9. The van der Waals surface area contributed by atoms with Crippen LogP contribution in [0.25, 0.3) is 98.8 Å². The number of hydrogen-bond donors (Lipinski definition) is 0. The molecule has 0 saturated heterocycles. The molecule has 11 aromatic rings. The zero-order valence-electron chi connectivity index (χ0n) is 28.4. The maximum absolute atomic E-state index is 2.44. The summed E-state index contributed by atoms with van der Waals surface area (Å²) in [6, 6.07) is 71.1. The van der Waals surface area contributed by atoms with Gasteiger partial charge in [-0.05, 0) is 86.3 Å². The second-order valence-electron chi connectivity index (χ2n) is 13.7. The summed E-state index contributed by atoms with van der Waals surface area (Å²) in [5.74, 6) is 0. The first kappa shape index (κ1) is 28.9. The van der Waals surface area contributed by atoms with Crippen LogP contribution in [0.15, 0.2) is 194 Å². The molecule has 52 heavy (non-hydrogen) atoms. The van der Waals surface area contributed by atoms with Gasteiger partial charge in [0.25, 0.3) is 0 Å². The molecule has 0 aliphatic rings. The van der Waals surface area contributed by atoms with Crippen molar-refractivity contribution in [2.45, 2.75) is 0 Å². The Labute approximate surface area is 301 Å². The molecule has 0 saturated carbocycles. The molecule has 0 amide bonds. The van der Waals surface area contributed by atoms with E-state index in [1.807, 2.05) is 0 Å². The van der Waals surface area contributed by atoms with E-state index >= 15 is 0 Å². The van der Waals surface area contributed by atoms with Crippen molar-refractivity contribution in [3.8, 4) is 33.6 Å². The molecule has 9 aromatic carbocycles. The molecular formula is C50H32N2. The van der Waals surface area contributed by atoms with Crippen LogP contribution in [0.1, 0.15) is 0 Å². The summed E-state index contributed by atoms with van der Waals surface area (Å²) >= 11 is 0. The van der Waals surface area contributed by atoms with Crippen molar-refractivity contribution in [3.05, 3.63) is 194 Å². The van der Waals surface area contributed by atoms with Crippen LogP contribution in [-0.2, 0) is 0 Å². The fraction of sp³-hybridized carbons (Fsp3) is 0. The van der Waals surface area contributed by atoms with Crippen molar-refractivity contribution in [1.29, 1.82) is 0 Å². The highest BCUT2D eigenvalue weighted by molar-refractivity contribution is 6.12. The second-order valence-corrected chi connectivity index (χ2v) is 13.7. The number of fused-ring (bicyclic) bond motifs is 8. The highest BCUT2D eigenvalue weighted by atomic mass is 15.0. The lowest BCUT2D eigenvalue weighted by molar-refractivity contribution is 1.13. The minimum Gasteiger partial charge on any atom is -0.309 e. The lowest BCUT2D eigenvalue weighted by Crippen LogP contribution is -1.98. The fourth-order valence-electron chi connectivity index (χ4n) is 8.56. The van der Waals surface area contributed by atoms with Crippen molar-refractivity contribution in [1.82, 2.24) is 9.13 Å². The van der Waals surface area contributed by atoms with Crippen LogP contribution >= 0.6 is 0 Å². The number of para-hydroxylation sites is 2. The molecule has 0 radical (unpaired) electrons. The predicted octanol–water partition coefficient (Wildman–Crippen LogP) is 13.5. The Morgan fingerprint density at radius 3 is 1.13 bits per heavy atom. The number of nitrogens with zero attached hydrogens (tertiary/aromatic N) is 2. The molecule has 0 atom stereocenters. The van der Waals surface area contributed by atoms with E-state index in [2.05, 4.69) is 203 Å². The average Bonchev–Trinajstić information content (AvgIpc) is 3.72. The van der Waals surface area contributed by atoms with Gasteiger partial charge in [-0.1, -0.05) is 152 Å². The zero-order valence-corrected chi connectivity index (χ0v) is 28.4. The SMILES string of the molecule is c1cc(-n2c3ccccc3c3ccc(-c4cccc5ccccc45)cc32)cc(-n2c3ccccc3c3ccc(-c4cccc5ccccc45)cc32)c1. The first-order valence-electron chi connectivity index (χ1n) is 17.9. The van der Waals surface area contributed by atoms with Gasteiger partial charge in [0.1, 0.15) is 0 Å². The molecule has 0 bridgehead atoms. The molecule has 0 aliphatic heterocycles. The Kier molecular flexibility index (Phi) is 6.28.